The molecule has 2 N–H and O–H groups in total. The van der Waals surface area contributed by atoms with Crippen molar-refractivity contribution in [2.45, 2.75) is 10.2 Å². The van der Waals surface area contributed by atoms with Gasteiger partial charge in [0.25, 0.3) is 5.91 Å². The van der Waals surface area contributed by atoms with Gasteiger partial charge < -0.3 is 10.4 Å². The molecule has 1 saturated heterocycles. The third kappa shape index (κ3) is 3.29. The fourth-order valence-electron chi connectivity index (χ4n) is 6.62. The third-order valence-electron chi connectivity index (χ3n) is 8.27. The number of amides is 3. The molecular formula is C32H21BrN2O5. The highest BCUT2D eigenvalue weighted by Gasteiger charge is 2.67. The summed E-state index contributed by atoms with van der Waals surface area (Å²) >= 11 is 3.99. The van der Waals surface area contributed by atoms with Crippen LogP contribution in [-0.2, 0) is 13.9 Å². The lowest BCUT2D eigenvalue weighted by atomic mass is 9.55. The molecule has 1 heterocycles. The topological polar surface area (TPSA) is 104 Å². The maximum atomic E-state index is 14.2. The number of halogens is 1. The lowest BCUT2D eigenvalue weighted by molar-refractivity contribution is -0.122. The van der Waals surface area contributed by atoms with Gasteiger partial charge in [0.05, 0.1) is 27.4 Å². The normalized spacial score (nSPS) is 23.8. The van der Waals surface area contributed by atoms with Gasteiger partial charge in [-0.2, -0.15) is 0 Å². The van der Waals surface area contributed by atoms with Crippen LogP contribution in [0.25, 0.3) is 0 Å². The Labute approximate surface area is 237 Å². The van der Waals surface area contributed by atoms with E-state index >= 15 is 0 Å². The summed E-state index contributed by atoms with van der Waals surface area (Å²) in [7, 11) is 0. The summed E-state index contributed by atoms with van der Waals surface area (Å²) in [6.07, 6.45) is 0. The molecule has 3 aliphatic carbocycles. The maximum Gasteiger partial charge on any atom is 0.335 e. The number of nitrogens with one attached hydrogen (secondary N) is 1. The number of hydrogen-bond donors (Lipinski definition) is 2. The second kappa shape index (κ2) is 8.72. The van der Waals surface area contributed by atoms with Crippen LogP contribution in [-0.4, -0.2) is 28.8 Å². The molecule has 0 aromatic heterocycles. The van der Waals surface area contributed by atoms with Gasteiger partial charge in [0.15, 0.2) is 0 Å². The van der Waals surface area contributed by atoms with E-state index in [9.17, 15) is 19.2 Å². The summed E-state index contributed by atoms with van der Waals surface area (Å²) in [6.45, 7) is 0. The van der Waals surface area contributed by atoms with Crippen molar-refractivity contribution in [3.63, 3.8) is 0 Å². The highest BCUT2D eigenvalue weighted by Crippen LogP contribution is 2.66. The average Bonchev–Trinajstić information content (AvgIpc) is 3.24. The standard InChI is InChI=1S/C32H21BrN2O5/c33-32-23-10-3-1-8-21(23)25(22-9-2-4-11-24(22)32)26-27(32)30(38)35(29(26)37)20-7-5-6-18(16-20)28(36)34-19-14-12-17(13-15-19)31(39)40/h1-16,25-27H,(H,34,36)(H,39,40)/t25?,26-,27+,32?/m0/s1. The second-order valence-corrected chi connectivity index (χ2v) is 11.5. The summed E-state index contributed by atoms with van der Waals surface area (Å²) in [5, 5.41) is 11.8. The Morgan fingerprint density at radius 2 is 1.40 bits per heavy atom. The van der Waals surface area contributed by atoms with E-state index < -0.39 is 28.0 Å². The molecule has 1 fully saturated rings. The van der Waals surface area contributed by atoms with Gasteiger partial charge in [-0.3, -0.25) is 14.4 Å². The Morgan fingerprint density at radius 3 is 2.02 bits per heavy atom. The first-order valence-electron chi connectivity index (χ1n) is 12.8. The van der Waals surface area contributed by atoms with E-state index in [2.05, 4.69) is 21.2 Å². The van der Waals surface area contributed by atoms with E-state index in [1.165, 1.54) is 35.2 Å². The van der Waals surface area contributed by atoms with Crippen molar-refractivity contribution in [1.29, 1.82) is 0 Å². The lowest BCUT2D eigenvalue weighted by Gasteiger charge is -2.51. The number of anilines is 2. The first-order valence-corrected chi connectivity index (χ1v) is 13.6. The first kappa shape index (κ1) is 24.5. The van der Waals surface area contributed by atoms with Gasteiger partial charge in [0.1, 0.15) is 0 Å². The minimum absolute atomic E-state index is 0.107. The number of nitrogens with zero attached hydrogens (tertiary/aromatic N) is 1. The summed E-state index contributed by atoms with van der Waals surface area (Å²) in [6, 6.07) is 28.2. The van der Waals surface area contributed by atoms with E-state index in [-0.39, 0.29) is 28.9 Å². The molecule has 0 spiro atoms. The minimum Gasteiger partial charge on any atom is -0.478 e. The zero-order valence-electron chi connectivity index (χ0n) is 20.9. The summed E-state index contributed by atoms with van der Waals surface area (Å²) in [5.41, 5.74) is 5.23. The Bertz CT molecular complexity index is 1720. The van der Waals surface area contributed by atoms with Crippen molar-refractivity contribution in [1.82, 2.24) is 0 Å². The number of carboxylic acids is 1. The van der Waals surface area contributed by atoms with E-state index in [1.807, 2.05) is 48.5 Å². The summed E-state index contributed by atoms with van der Waals surface area (Å²) < 4.78 is -0.849. The van der Waals surface area contributed by atoms with Gasteiger partial charge in [-0.25, -0.2) is 9.69 Å². The third-order valence-corrected chi connectivity index (χ3v) is 9.62. The van der Waals surface area contributed by atoms with Gasteiger partial charge in [-0.15, -0.1) is 0 Å². The Morgan fingerprint density at radius 1 is 0.775 bits per heavy atom. The van der Waals surface area contributed by atoms with Crippen molar-refractivity contribution >= 4 is 51.0 Å². The van der Waals surface area contributed by atoms with Crippen LogP contribution in [0.5, 0.6) is 0 Å². The lowest BCUT2D eigenvalue weighted by Crippen LogP contribution is -2.50. The Balaban J connectivity index is 1.25. The quantitative estimate of drug-likeness (QED) is 0.239. The largest absolute Gasteiger partial charge is 0.478 e. The highest BCUT2D eigenvalue weighted by molar-refractivity contribution is 9.09. The number of imide groups is 1. The molecule has 1 aliphatic heterocycles. The van der Waals surface area contributed by atoms with E-state index in [1.54, 1.807) is 18.2 Å². The zero-order chi connectivity index (χ0) is 27.8. The number of carbonyl (C=O) groups excluding carboxylic acids is 3. The van der Waals surface area contributed by atoms with Crippen LogP contribution in [0.3, 0.4) is 0 Å². The number of hydrogen-bond acceptors (Lipinski definition) is 4. The Kier molecular flexibility index (Phi) is 5.34. The van der Waals surface area contributed by atoms with Crippen LogP contribution >= 0.6 is 15.9 Å². The van der Waals surface area contributed by atoms with Gasteiger partial charge in [0, 0.05) is 17.2 Å². The molecule has 40 heavy (non-hydrogen) atoms. The van der Waals surface area contributed by atoms with Crippen LogP contribution in [0.2, 0.25) is 0 Å². The van der Waals surface area contributed by atoms with Crippen LogP contribution in [0.4, 0.5) is 11.4 Å². The van der Waals surface area contributed by atoms with E-state index in [0.29, 0.717) is 11.4 Å². The van der Waals surface area contributed by atoms with Crippen molar-refractivity contribution in [2.24, 2.45) is 11.8 Å². The molecule has 3 amide bonds. The van der Waals surface area contributed by atoms with Gasteiger partial charge in [-0.05, 0) is 64.7 Å². The molecular weight excluding hydrogens is 572 g/mol. The predicted octanol–water partition coefficient (Wildman–Crippen LogP) is 5.54. The average molecular weight is 593 g/mol. The molecule has 4 aromatic carbocycles. The van der Waals surface area contributed by atoms with E-state index in [4.69, 9.17) is 5.11 Å². The second-order valence-electron chi connectivity index (χ2n) is 10.3. The molecule has 7 nitrogen and oxygen atoms in total. The van der Waals surface area contributed by atoms with Crippen molar-refractivity contribution in [3.8, 4) is 0 Å². The minimum atomic E-state index is -1.06. The summed E-state index contributed by atoms with van der Waals surface area (Å²) in [4.78, 5) is 53.6. The SMILES string of the molecule is O=C(O)c1ccc(NC(=O)c2cccc(N3C(=O)[C@H]4C5c6ccccc6C(Br)(c6ccccc65)[C@H]4C3=O)c2)cc1. The van der Waals surface area contributed by atoms with Crippen LogP contribution in [0.1, 0.15) is 48.9 Å². The molecule has 8 heteroatoms. The van der Waals surface area contributed by atoms with Gasteiger partial charge in [-0.1, -0.05) is 70.5 Å². The molecule has 0 saturated carbocycles. The fraction of sp³-hybridized carbons (Fsp3) is 0.125. The molecule has 4 aliphatic rings. The van der Waals surface area contributed by atoms with E-state index in [0.717, 1.165) is 22.3 Å². The maximum absolute atomic E-state index is 14.2. The molecule has 2 atom stereocenters. The van der Waals surface area contributed by atoms with Crippen molar-refractivity contribution < 1.29 is 24.3 Å². The predicted molar refractivity (Wildman–Crippen MR) is 152 cm³/mol. The molecule has 0 radical (unpaired) electrons. The van der Waals surface area contributed by atoms with Gasteiger partial charge in [0.2, 0.25) is 11.8 Å². The number of rotatable bonds is 4. The number of carbonyl (C=O) groups is 4. The number of benzene rings is 4. The fourth-order valence-corrected chi connectivity index (χ4v) is 7.82. The highest BCUT2D eigenvalue weighted by atomic mass is 79.9. The molecule has 0 unspecified atom stereocenters. The van der Waals surface area contributed by atoms with Crippen LogP contribution in [0, 0.1) is 11.8 Å². The number of carboxylic acid groups (broad SMARTS) is 1. The first-order chi connectivity index (χ1) is 19.3. The van der Waals surface area contributed by atoms with Crippen molar-refractivity contribution in [3.05, 3.63) is 130 Å². The smallest absolute Gasteiger partial charge is 0.335 e. The molecule has 2 bridgehead atoms. The van der Waals surface area contributed by atoms with Crippen molar-refractivity contribution in [2.75, 3.05) is 10.2 Å². The molecule has 8 rings (SSSR count). The van der Waals surface area contributed by atoms with Crippen LogP contribution in [0.15, 0.2) is 97.1 Å². The monoisotopic (exact) mass is 592 g/mol. The summed E-state index contributed by atoms with van der Waals surface area (Å²) in [5.74, 6) is -3.56. The number of alkyl halides is 1. The molecule has 196 valence electrons. The molecule has 4 aromatic rings. The number of aromatic carboxylic acids is 1. The Hall–Kier alpha value is -4.56. The van der Waals surface area contributed by atoms with Crippen LogP contribution < -0.4 is 10.2 Å². The zero-order valence-corrected chi connectivity index (χ0v) is 22.5. The van der Waals surface area contributed by atoms with Gasteiger partial charge >= 0.3 is 5.97 Å².